The van der Waals surface area contributed by atoms with E-state index in [9.17, 15) is 4.79 Å². The third-order valence-corrected chi connectivity index (χ3v) is 6.78. The van der Waals surface area contributed by atoms with Gasteiger partial charge in [-0.15, -0.1) is 11.8 Å². The van der Waals surface area contributed by atoms with Gasteiger partial charge in [0, 0.05) is 10.5 Å². The third kappa shape index (κ3) is 4.21. The Hall–Kier alpha value is -2.63. The minimum absolute atomic E-state index is 0.0325. The number of benzene rings is 3. The van der Waals surface area contributed by atoms with Crippen LogP contribution in [-0.2, 0) is 6.54 Å². The molecule has 5 heteroatoms. The molecule has 0 aliphatic carbocycles. The number of carbonyl (C=O) groups is 1. The van der Waals surface area contributed by atoms with Crippen molar-refractivity contribution in [2.45, 2.75) is 25.3 Å². The first-order chi connectivity index (χ1) is 14.0. The van der Waals surface area contributed by atoms with Gasteiger partial charge in [0.05, 0.1) is 16.8 Å². The molecule has 29 heavy (non-hydrogen) atoms. The number of anilines is 1. The Bertz CT molecular complexity index is 1150. The van der Waals surface area contributed by atoms with E-state index in [1.807, 2.05) is 60.9 Å². The van der Waals surface area contributed by atoms with E-state index in [4.69, 9.17) is 4.98 Å². The number of nitrogens with zero attached hydrogens (tertiary/aromatic N) is 2. The second kappa shape index (κ2) is 8.39. The quantitative estimate of drug-likeness (QED) is 0.348. The van der Waals surface area contributed by atoms with Crippen molar-refractivity contribution in [2.24, 2.45) is 0 Å². The average molecular weight is 419 g/mol. The summed E-state index contributed by atoms with van der Waals surface area (Å²) in [5.41, 5.74) is 5.08. The van der Waals surface area contributed by atoms with Gasteiger partial charge in [0.15, 0.2) is 5.13 Å². The lowest BCUT2D eigenvalue weighted by atomic mass is 10.1. The van der Waals surface area contributed by atoms with Crippen LogP contribution in [0.2, 0.25) is 0 Å². The Morgan fingerprint density at radius 1 is 1.03 bits per heavy atom. The zero-order chi connectivity index (χ0) is 20.4. The van der Waals surface area contributed by atoms with Gasteiger partial charge in [-0.3, -0.25) is 9.69 Å². The van der Waals surface area contributed by atoms with Crippen LogP contribution in [0.1, 0.15) is 27.0 Å². The number of aromatic nitrogens is 1. The highest BCUT2D eigenvalue weighted by atomic mass is 32.2. The number of aryl methyl sites for hydroxylation is 2. The number of hydrogen-bond donors (Lipinski definition) is 0. The molecular weight excluding hydrogens is 396 g/mol. The number of carbonyl (C=O) groups excluding carboxylic acids is 1. The highest BCUT2D eigenvalue weighted by Gasteiger charge is 2.22. The largest absolute Gasteiger partial charge is 0.279 e. The van der Waals surface area contributed by atoms with Gasteiger partial charge in [0.25, 0.3) is 5.91 Å². The summed E-state index contributed by atoms with van der Waals surface area (Å²) in [5.74, 6) is -0.0325. The minimum atomic E-state index is -0.0325. The Balaban J connectivity index is 1.77. The van der Waals surface area contributed by atoms with E-state index in [1.54, 1.807) is 28.0 Å². The maximum Gasteiger partial charge on any atom is 0.260 e. The molecule has 0 radical (unpaired) electrons. The molecular formula is C24H22N2OS2. The molecule has 1 amide bonds. The molecule has 0 bridgehead atoms. The van der Waals surface area contributed by atoms with Gasteiger partial charge in [-0.2, -0.15) is 0 Å². The number of thiazole rings is 1. The van der Waals surface area contributed by atoms with Gasteiger partial charge in [0.1, 0.15) is 0 Å². The lowest BCUT2D eigenvalue weighted by molar-refractivity contribution is 0.0985. The second-order valence-electron chi connectivity index (χ2n) is 7.03. The smallest absolute Gasteiger partial charge is 0.260 e. The number of thioether (sulfide) groups is 1. The lowest BCUT2D eigenvalue weighted by Crippen LogP contribution is -2.30. The van der Waals surface area contributed by atoms with E-state index in [1.165, 1.54) is 11.1 Å². The fourth-order valence-corrected chi connectivity index (χ4v) is 4.78. The molecule has 0 saturated carbocycles. The number of fused-ring (bicyclic) bond motifs is 1. The predicted octanol–water partition coefficient (Wildman–Crippen LogP) is 6.48. The van der Waals surface area contributed by atoms with Crippen molar-refractivity contribution in [1.29, 1.82) is 0 Å². The summed E-state index contributed by atoms with van der Waals surface area (Å²) >= 11 is 3.25. The van der Waals surface area contributed by atoms with Crippen molar-refractivity contribution < 1.29 is 4.79 Å². The second-order valence-corrected chi connectivity index (χ2v) is 8.89. The van der Waals surface area contributed by atoms with Gasteiger partial charge in [-0.25, -0.2) is 4.98 Å². The normalized spacial score (nSPS) is 11.0. The van der Waals surface area contributed by atoms with Gasteiger partial charge in [-0.05, 0) is 67.1 Å². The molecule has 0 aliphatic heterocycles. The average Bonchev–Trinajstić information content (AvgIpc) is 3.16. The molecule has 0 atom stereocenters. The van der Waals surface area contributed by atoms with Crippen LogP contribution in [0, 0.1) is 13.8 Å². The summed E-state index contributed by atoms with van der Waals surface area (Å²) in [6.45, 7) is 4.66. The van der Waals surface area contributed by atoms with Crippen LogP contribution < -0.4 is 4.90 Å². The van der Waals surface area contributed by atoms with E-state index in [0.717, 1.165) is 25.8 Å². The van der Waals surface area contributed by atoms with Gasteiger partial charge < -0.3 is 0 Å². The minimum Gasteiger partial charge on any atom is -0.279 e. The number of amides is 1. The van der Waals surface area contributed by atoms with E-state index in [0.29, 0.717) is 12.1 Å². The van der Waals surface area contributed by atoms with Gasteiger partial charge in [-0.1, -0.05) is 47.7 Å². The summed E-state index contributed by atoms with van der Waals surface area (Å²) < 4.78 is 1.13. The molecule has 0 saturated heterocycles. The summed E-state index contributed by atoms with van der Waals surface area (Å²) in [6, 6.07) is 22.1. The van der Waals surface area contributed by atoms with Crippen LogP contribution in [0.15, 0.2) is 71.6 Å². The Morgan fingerprint density at radius 3 is 2.45 bits per heavy atom. The maximum atomic E-state index is 13.5. The first-order valence-corrected chi connectivity index (χ1v) is 11.5. The van der Waals surface area contributed by atoms with Crippen LogP contribution in [0.3, 0.4) is 0 Å². The SMILES string of the molecule is CSc1ccc(C(=O)N(Cc2ccccc2)c2nc3cc(C)cc(C)c3s2)cc1. The number of rotatable bonds is 5. The lowest BCUT2D eigenvalue weighted by Gasteiger charge is -2.20. The van der Waals surface area contributed by atoms with Crippen molar-refractivity contribution >= 4 is 44.4 Å². The van der Waals surface area contributed by atoms with E-state index in [2.05, 4.69) is 26.0 Å². The Labute approximate surface area is 179 Å². The molecule has 146 valence electrons. The summed E-state index contributed by atoms with van der Waals surface area (Å²) in [5, 5.41) is 0.733. The van der Waals surface area contributed by atoms with Crippen LogP contribution >= 0.6 is 23.1 Å². The molecule has 3 aromatic carbocycles. The van der Waals surface area contributed by atoms with Crippen molar-refractivity contribution in [3.63, 3.8) is 0 Å². The van der Waals surface area contributed by atoms with Crippen LogP contribution in [0.25, 0.3) is 10.2 Å². The molecule has 0 unspecified atom stereocenters. The molecule has 1 aromatic heterocycles. The van der Waals surface area contributed by atoms with E-state index >= 15 is 0 Å². The third-order valence-electron chi connectivity index (χ3n) is 4.81. The maximum absolute atomic E-state index is 13.5. The highest BCUT2D eigenvalue weighted by molar-refractivity contribution is 7.98. The monoisotopic (exact) mass is 418 g/mol. The van der Waals surface area contributed by atoms with E-state index < -0.39 is 0 Å². The topological polar surface area (TPSA) is 33.2 Å². The summed E-state index contributed by atoms with van der Waals surface area (Å²) in [7, 11) is 0. The van der Waals surface area contributed by atoms with Crippen LogP contribution in [-0.4, -0.2) is 17.1 Å². The molecule has 0 aliphatic rings. The first-order valence-electron chi connectivity index (χ1n) is 9.43. The van der Waals surface area contributed by atoms with Crippen molar-refractivity contribution in [3.05, 3.63) is 89.0 Å². The zero-order valence-electron chi connectivity index (χ0n) is 16.7. The van der Waals surface area contributed by atoms with Gasteiger partial charge >= 0.3 is 0 Å². The Kier molecular flexibility index (Phi) is 5.69. The summed E-state index contributed by atoms with van der Waals surface area (Å²) in [4.78, 5) is 21.2. The van der Waals surface area contributed by atoms with Crippen LogP contribution in [0.4, 0.5) is 5.13 Å². The van der Waals surface area contributed by atoms with Crippen molar-refractivity contribution in [2.75, 3.05) is 11.2 Å². The number of hydrogen-bond acceptors (Lipinski definition) is 4. The standard InChI is InChI=1S/C24H22N2OS2/c1-16-13-17(2)22-21(14-16)25-24(29-22)26(15-18-7-5-4-6-8-18)23(27)19-9-11-20(28-3)12-10-19/h4-14H,15H2,1-3H3. The molecule has 0 N–H and O–H groups in total. The van der Waals surface area contributed by atoms with E-state index in [-0.39, 0.29) is 5.91 Å². The zero-order valence-corrected chi connectivity index (χ0v) is 18.3. The predicted molar refractivity (Wildman–Crippen MR) is 124 cm³/mol. The molecule has 1 heterocycles. The summed E-state index contributed by atoms with van der Waals surface area (Å²) in [6.07, 6.45) is 2.03. The first kappa shape index (κ1) is 19.7. The van der Waals surface area contributed by atoms with Crippen LogP contribution in [0.5, 0.6) is 0 Å². The fraction of sp³-hybridized carbons (Fsp3) is 0.167. The highest BCUT2D eigenvalue weighted by Crippen LogP contribution is 2.33. The molecule has 4 rings (SSSR count). The molecule has 0 fully saturated rings. The molecule has 4 aromatic rings. The molecule has 0 spiro atoms. The van der Waals surface area contributed by atoms with Crippen molar-refractivity contribution in [1.82, 2.24) is 4.98 Å². The van der Waals surface area contributed by atoms with Crippen molar-refractivity contribution in [3.8, 4) is 0 Å². The van der Waals surface area contributed by atoms with Gasteiger partial charge in [0.2, 0.25) is 0 Å². The molecule has 3 nitrogen and oxygen atoms in total. The Morgan fingerprint density at radius 2 is 1.76 bits per heavy atom. The fourth-order valence-electron chi connectivity index (χ4n) is 3.36.